The minimum Gasteiger partial charge on any atom is -0.342 e. The van der Waals surface area contributed by atoms with Gasteiger partial charge in [0.2, 0.25) is 0 Å². The number of carbonyl (C=O) groups is 1. The van der Waals surface area contributed by atoms with Crippen molar-refractivity contribution in [2.24, 2.45) is 13.0 Å². The SMILES string of the molecule is Cc1ccnc(C(NC(=O)c2cncn2C)C2CC2)c1. The fourth-order valence-corrected chi connectivity index (χ4v) is 2.38. The maximum atomic E-state index is 12.3. The smallest absolute Gasteiger partial charge is 0.270 e. The van der Waals surface area contributed by atoms with Crippen molar-refractivity contribution in [2.45, 2.75) is 25.8 Å². The third-order valence-electron chi connectivity index (χ3n) is 3.68. The van der Waals surface area contributed by atoms with Crippen LogP contribution in [0.25, 0.3) is 0 Å². The molecule has 2 heterocycles. The lowest BCUT2D eigenvalue weighted by Crippen LogP contribution is -2.31. The monoisotopic (exact) mass is 270 g/mol. The van der Waals surface area contributed by atoms with Crippen molar-refractivity contribution in [3.63, 3.8) is 0 Å². The molecule has 0 spiro atoms. The van der Waals surface area contributed by atoms with Crippen LogP contribution in [0.3, 0.4) is 0 Å². The maximum Gasteiger partial charge on any atom is 0.270 e. The highest BCUT2D eigenvalue weighted by Gasteiger charge is 2.34. The molecule has 1 aliphatic rings. The number of hydrogen-bond donors (Lipinski definition) is 1. The van der Waals surface area contributed by atoms with Gasteiger partial charge in [-0.1, -0.05) is 0 Å². The van der Waals surface area contributed by atoms with Gasteiger partial charge in [0.05, 0.1) is 24.3 Å². The Hall–Kier alpha value is -2.17. The van der Waals surface area contributed by atoms with E-state index in [-0.39, 0.29) is 11.9 Å². The molecular weight excluding hydrogens is 252 g/mol. The molecule has 5 nitrogen and oxygen atoms in total. The van der Waals surface area contributed by atoms with E-state index in [1.807, 2.05) is 26.1 Å². The van der Waals surface area contributed by atoms with E-state index >= 15 is 0 Å². The van der Waals surface area contributed by atoms with Crippen LogP contribution < -0.4 is 5.32 Å². The van der Waals surface area contributed by atoms with Crippen molar-refractivity contribution in [1.82, 2.24) is 19.9 Å². The summed E-state index contributed by atoms with van der Waals surface area (Å²) in [7, 11) is 1.82. The van der Waals surface area contributed by atoms with Gasteiger partial charge in [-0.25, -0.2) is 4.98 Å². The molecule has 2 aromatic heterocycles. The zero-order chi connectivity index (χ0) is 14.1. The van der Waals surface area contributed by atoms with Gasteiger partial charge in [0.15, 0.2) is 0 Å². The number of carbonyl (C=O) groups excluding carboxylic acids is 1. The summed E-state index contributed by atoms with van der Waals surface area (Å²) in [6.45, 7) is 2.04. The molecule has 0 radical (unpaired) electrons. The Balaban J connectivity index is 1.82. The molecule has 1 saturated carbocycles. The third-order valence-corrected chi connectivity index (χ3v) is 3.68. The van der Waals surface area contributed by atoms with Crippen molar-refractivity contribution in [3.05, 3.63) is 47.8 Å². The summed E-state index contributed by atoms with van der Waals surface area (Å²) in [5.41, 5.74) is 2.68. The molecule has 3 rings (SSSR count). The second-order valence-corrected chi connectivity index (χ2v) is 5.44. The van der Waals surface area contributed by atoms with E-state index in [4.69, 9.17) is 0 Å². The molecule has 1 unspecified atom stereocenters. The number of rotatable bonds is 4. The lowest BCUT2D eigenvalue weighted by Gasteiger charge is -2.18. The Kier molecular flexibility index (Phi) is 3.26. The van der Waals surface area contributed by atoms with Gasteiger partial charge < -0.3 is 9.88 Å². The number of nitrogens with one attached hydrogen (secondary N) is 1. The summed E-state index contributed by atoms with van der Waals surface area (Å²) in [4.78, 5) is 20.7. The van der Waals surface area contributed by atoms with Gasteiger partial charge >= 0.3 is 0 Å². The molecule has 1 atom stereocenters. The Morgan fingerprint density at radius 1 is 1.50 bits per heavy atom. The Morgan fingerprint density at radius 3 is 2.90 bits per heavy atom. The standard InChI is InChI=1S/C15H18N4O/c1-10-5-6-17-12(7-10)14(11-3-4-11)18-15(20)13-8-16-9-19(13)2/h5-9,11,14H,3-4H2,1-2H3,(H,18,20). The second kappa shape index (κ2) is 5.07. The number of imidazole rings is 1. The third kappa shape index (κ3) is 2.57. The van der Waals surface area contributed by atoms with Gasteiger partial charge in [-0.2, -0.15) is 0 Å². The number of hydrogen-bond acceptors (Lipinski definition) is 3. The van der Waals surface area contributed by atoms with Crippen LogP contribution in [0.2, 0.25) is 0 Å². The molecule has 104 valence electrons. The van der Waals surface area contributed by atoms with Gasteiger partial charge in [0.25, 0.3) is 5.91 Å². The quantitative estimate of drug-likeness (QED) is 0.924. The van der Waals surface area contributed by atoms with E-state index < -0.39 is 0 Å². The number of nitrogens with zero attached hydrogens (tertiary/aromatic N) is 3. The molecule has 20 heavy (non-hydrogen) atoms. The highest BCUT2D eigenvalue weighted by atomic mass is 16.2. The van der Waals surface area contributed by atoms with Crippen LogP contribution in [0.4, 0.5) is 0 Å². The van der Waals surface area contributed by atoms with Crippen molar-refractivity contribution >= 4 is 5.91 Å². The van der Waals surface area contributed by atoms with E-state index in [1.165, 1.54) is 0 Å². The van der Waals surface area contributed by atoms with Crippen LogP contribution in [-0.2, 0) is 7.05 Å². The van der Waals surface area contributed by atoms with Crippen LogP contribution in [0.15, 0.2) is 30.9 Å². The molecule has 0 bridgehead atoms. The van der Waals surface area contributed by atoms with Crippen molar-refractivity contribution in [1.29, 1.82) is 0 Å². The summed E-state index contributed by atoms with van der Waals surface area (Å²) >= 11 is 0. The van der Waals surface area contributed by atoms with Crippen LogP contribution in [0.5, 0.6) is 0 Å². The van der Waals surface area contributed by atoms with E-state index in [9.17, 15) is 4.79 Å². The molecule has 1 amide bonds. The normalized spacial score (nSPS) is 15.9. The molecule has 0 aromatic carbocycles. The highest BCUT2D eigenvalue weighted by Crippen LogP contribution is 2.40. The maximum absolute atomic E-state index is 12.3. The molecule has 0 aliphatic heterocycles. The van der Waals surface area contributed by atoms with Gasteiger partial charge in [0.1, 0.15) is 5.69 Å². The summed E-state index contributed by atoms with van der Waals surface area (Å²) in [5.74, 6) is 0.409. The molecule has 2 aromatic rings. The zero-order valence-corrected chi connectivity index (χ0v) is 11.7. The van der Waals surface area contributed by atoms with Crippen LogP contribution in [0, 0.1) is 12.8 Å². The lowest BCUT2D eigenvalue weighted by atomic mass is 10.1. The second-order valence-electron chi connectivity index (χ2n) is 5.44. The Bertz CT molecular complexity index is 630. The summed E-state index contributed by atoms with van der Waals surface area (Å²) in [5, 5.41) is 3.10. The van der Waals surface area contributed by atoms with Gasteiger partial charge in [-0.15, -0.1) is 0 Å². The van der Waals surface area contributed by atoms with Crippen LogP contribution in [0.1, 0.15) is 40.6 Å². The first-order valence-corrected chi connectivity index (χ1v) is 6.85. The Labute approximate surface area is 118 Å². The molecule has 1 N–H and O–H groups in total. The predicted octanol–water partition coefficient (Wildman–Crippen LogP) is 2.00. The summed E-state index contributed by atoms with van der Waals surface area (Å²) < 4.78 is 1.73. The van der Waals surface area contributed by atoms with Crippen molar-refractivity contribution in [3.8, 4) is 0 Å². The van der Waals surface area contributed by atoms with E-state index in [2.05, 4.69) is 15.3 Å². The Morgan fingerprint density at radius 2 is 2.30 bits per heavy atom. The fraction of sp³-hybridized carbons (Fsp3) is 0.400. The van der Waals surface area contributed by atoms with E-state index in [0.717, 1.165) is 24.1 Å². The number of pyridine rings is 1. The number of amides is 1. The molecular formula is C15H18N4O. The number of aromatic nitrogens is 3. The minimum absolute atomic E-state index is 0.00250. The summed E-state index contributed by atoms with van der Waals surface area (Å²) in [6, 6.07) is 4.01. The first-order chi connectivity index (χ1) is 9.65. The first-order valence-electron chi connectivity index (χ1n) is 6.85. The van der Waals surface area contributed by atoms with E-state index in [1.54, 1.807) is 23.3 Å². The van der Waals surface area contributed by atoms with Gasteiger partial charge in [-0.05, 0) is 43.4 Å². The predicted molar refractivity (Wildman–Crippen MR) is 75.1 cm³/mol. The molecule has 0 saturated heterocycles. The fourth-order valence-electron chi connectivity index (χ4n) is 2.38. The molecule has 1 fully saturated rings. The minimum atomic E-state index is -0.0924. The zero-order valence-electron chi connectivity index (χ0n) is 11.7. The largest absolute Gasteiger partial charge is 0.342 e. The lowest BCUT2D eigenvalue weighted by molar-refractivity contribution is 0.0922. The van der Waals surface area contributed by atoms with Gasteiger partial charge in [-0.3, -0.25) is 9.78 Å². The number of aryl methyl sites for hydroxylation is 2. The van der Waals surface area contributed by atoms with Crippen molar-refractivity contribution in [2.75, 3.05) is 0 Å². The average molecular weight is 270 g/mol. The highest BCUT2D eigenvalue weighted by molar-refractivity contribution is 5.92. The molecule has 5 heteroatoms. The van der Waals surface area contributed by atoms with Gasteiger partial charge in [0, 0.05) is 13.2 Å². The average Bonchev–Trinajstić information content (AvgIpc) is 3.17. The van der Waals surface area contributed by atoms with Crippen LogP contribution >= 0.6 is 0 Å². The van der Waals surface area contributed by atoms with E-state index in [0.29, 0.717) is 11.6 Å². The summed E-state index contributed by atoms with van der Waals surface area (Å²) in [6.07, 6.45) is 7.31. The molecule has 1 aliphatic carbocycles. The van der Waals surface area contributed by atoms with Crippen LogP contribution in [-0.4, -0.2) is 20.4 Å². The van der Waals surface area contributed by atoms with Crippen molar-refractivity contribution < 1.29 is 4.79 Å². The first kappa shape index (κ1) is 12.8. The topological polar surface area (TPSA) is 59.8 Å².